The van der Waals surface area contributed by atoms with Crippen LogP contribution in [0.15, 0.2) is 0 Å². The molecule has 0 unspecified atom stereocenters. The maximum absolute atomic E-state index is 5.31. The van der Waals surface area contributed by atoms with E-state index in [-0.39, 0.29) is 0 Å². The third-order valence-electron chi connectivity index (χ3n) is 2.66. The van der Waals surface area contributed by atoms with Crippen LogP contribution in [0.2, 0.25) is 0 Å². The van der Waals surface area contributed by atoms with Gasteiger partial charge < -0.3 is 4.74 Å². The van der Waals surface area contributed by atoms with Crippen LogP contribution in [0.3, 0.4) is 0 Å². The quantitative estimate of drug-likeness (QED) is 0.700. The van der Waals surface area contributed by atoms with Gasteiger partial charge in [0.15, 0.2) is 0 Å². The third kappa shape index (κ3) is 4.20. The van der Waals surface area contributed by atoms with E-state index in [1.54, 1.807) is 0 Å². The first-order valence-electron chi connectivity index (χ1n) is 5.54. The van der Waals surface area contributed by atoms with Gasteiger partial charge in [-0.3, -0.25) is 4.90 Å². The van der Waals surface area contributed by atoms with Crippen LogP contribution >= 0.6 is 11.8 Å². The molecule has 1 aliphatic heterocycles. The molecule has 0 radical (unpaired) electrons. The van der Waals surface area contributed by atoms with E-state index in [4.69, 9.17) is 4.74 Å². The predicted molar refractivity (Wildman–Crippen MR) is 64.0 cm³/mol. The average molecular weight is 217 g/mol. The molecule has 0 aromatic heterocycles. The highest BCUT2D eigenvalue weighted by Gasteiger charge is 2.21. The third-order valence-corrected chi connectivity index (χ3v) is 3.61. The number of rotatable bonds is 5. The Balaban J connectivity index is 2.38. The zero-order valence-corrected chi connectivity index (χ0v) is 10.5. The summed E-state index contributed by atoms with van der Waals surface area (Å²) in [5, 5.41) is 0. The van der Waals surface area contributed by atoms with Crippen molar-refractivity contribution in [3.63, 3.8) is 0 Å². The molecule has 84 valence electrons. The van der Waals surface area contributed by atoms with E-state index in [1.165, 1.54) is 31.0 Å². The first kappa shape index (κ1) is 12.3. The summed E-state index contributed by atoms with van der Waals surface area (Å²) in [7, 11) is 1.81. The Morgan fingerprint density at radius 3 is 2.43 bits per heavy atom. The Hall–Kier alpha value is 0.270. The van der Waals surface area contributed by atoms with Crippen molar-refractivity contribution >= 4 is 11.8 Å². The number of ether oxygens (including phenoxy) is 1. The largest absolute Gasteiger partial charge is 0.383 e. The first-order chi connectivity index (χ1) is 6.74. The van der Waals surface area contributed by atoms with Gasteiger partial charge in [0.05, 0.1) is 6.61 Å². The van der Waals surface area contributed by atoms with Gasteiger partial charge >= 0.3 is 0 Å². The second kappa shape index (κ2) is 6.70. The van der Waals surface area contributed by atoms with E-state index in [0.717, 1.165) is 12.5 Å². The fourth-order valence-electron chi connectivity index (χ4n) is 2.00. The summed E-state index contributed by atoms with van der Waals surface area (Å²) >= 11 is 2.07. The van der Waals surface area contributed by atoms with E-state index in [9.17, 15) is 0 Å². The van der Waals surface area contributed by atoms with E-state index in [2.05, 4.69) is 30.5 Å². The second-order valence-electron chi connectivity index (χ2n) is 4.39. The normalized spacial score (nSPS) is 21.4. The molecular formula is C11H23NOS. The SMILES string of the molecule is COC[C@@H](CC(C)C)N1CCSCC1. The highest BCUT2D eigenvalue weighted by Crippen LogP contribution is 2.17. The molecule has 0 bridgehead atoms. The van der Waals surface area contributed by atoms with Crippen LogP contribution in [0, 0.1) is 5.92 Å². The Morgan fingerprint density at radius 2 is 1.93 bits per heavy atom. The van der Waals surface area contributed by atoms with Crippen LogP contribution in [-0.2, 0) is 4.74 Å². The lowest BCUT2D eigenvalue weighted by atomic mass is 10.0. The van der Waals surface area contributed by atoms with Crippen molar-refractivity contribution in [2.45, 2.75) is 26.3 Å². The Morgan fingerprint density at radius 1 is 1.29 bits per heavy atom. The van der Waals surface area contributed by atoms with Gasteiger partial charge in [-0.25, -0.2) is 0 Å². The molecule has 0 N–H and O–H groups in total. The van der Waals surface area contributed by atoms with Gasteiger partial charge in [-0.1, -0.05) is 13.8 Å². The van der Waals surface area contributed by atoms with E-state index in [0.29, 0.717) is 6.04 Å². The minimum absolute atomic E-state index is 0.640. The zero-order valence-electron chi connectivity index (χ0n) is 9.66. The Kier molecular flexibility index (Phi) is 5.90. The molecule has 1 aliphatic rings. The predicted octanol–water partition coefficient (Wildman–Crippen LogP) is 2.10. The van der Waals surface area contributed by atoms with Crippen LogP contribution in [0.1, 0.15) is 20.3 Å². The van der Waals surface area contributed by atoms with Crippen LogP contribution in [-0.4, -0.2) is 49.3 Å². The topological polar surface area (TPSA) is 12.5 Å². The van der Waals surface area contributed by atoms with Crippen molar-refractivity contribution in [1.29, 1.82) is 0 Å². The monoisotopic (exact) mass is 217 g/mol. The molecule has 0 spiro atoms. The van der Waals surface area contributed by atoms with Crippen LogP contribution < -0.4 is 0 Å². The summed E-state index contributed by atoms with van der Waals surface area (Å²) in [6, 6.07) is 0.640. The smallest absolute Gasteiger partial charge is 0.0618 e. The summed E-state index contributed by atoms with van der Waals surface area (Å²) in [5.41, 5.74) is 0. The van der Waals surface area contributed by atoms with Crippen LogP contribution in [0.25, 0.3) is 0 Å². The van der Waals surface area contributed by atoms with Gasteiger partial charge in [-0.15, -0.1) is 0 Å². The maximum atomic E-state index is 5.31. The lowest BCUT2D eigenvalue weighted by Gasteiger charge is -2.34. The molecule has 1 atom stereocenters. The molecular weight excluding hydrogens is 194 g/mol. The van der Waals surface area contributed by atoms with Gasteiger partial charge in [0.1, 0.15) is 0 Å². The van der Waals surface area contributed by atoms with Crippen molar-refractivity contribution in [1.82, 2.24) is 4.90 Å². The standard InChI is InChI=1S/C11H23NOS/c1-10(2)8-11(9-13-3)12-4-6-14-7-5-12/h10-11H,4-9H2,1-3H3/t11-/m1/s1. The summed E-state index contributed by atoms with van der Waals surface area (Å²) in [6.07, 6.45) is 1.26. The number of hydrogen-bond acceptors (Lipinski definition) is 3. The fourth-order valence-corrected chi connectivity index (χ4v) is 2.93. The minimum atomic E-state index is 0.640. The minimum Gasteiger partial charge on any atom is -0.383 e. The van der Waals surface area contributed by atoms with Crippen LogP contribution in [0.4, 0.5) is 0 Å². The Labute approximate surface area is 92.4 Å². The second-order valence-corrected chi connectivity index (χ2v) is 5.61. The van der Waals surface area contributed by atoms with Crippen molar-refractivity contribution in [3.8, 4) is 0 Å². The number of nitrogens with zero attached hydrogens (tertiary/aromatic N) is 1. The lowest BCUT2D eigenvalue weighted by molar-refractivity contribution is 0.0840. The Bertz CT molecular complexity index is 146. The average Bonchev–Trinajstić information content (AvgIpc) is 2.18. The van der Waals surface area contributed by atoms with Gasteiger partial charge in [0, 0.05) is 37.7 Å². The summed E-state index contributed by atoms with van der Waals surface area (Å²) in [6.45, 7) is 7.96. The molecule has 1 fully saturated rings. The van der Waals surface area contributed by atoms with Gasteiger partial charge in [-0.2, -0.15) is 11.8 Å². The molecule has 0 amide bonds. The zero-order chi connectivity index (χ0) is 10.4. The van der Waals surface area contributed by atoms with E-state index >= 15 is 0 Å². The van der Waals surface area contributed by atoms with Gasteiger partial charge in [-0.05, 0) is 12.3 Å². The fraction of sp³-hybridized carbons (Fsp3) is 1.00. The van der Waals surface area contributed by atoms with E-state index in [1.807, 2.05) is 7.11 Å². The summed E-state index contributed by atoms with van der Waals surface area (Å²) < 4.78 is 5.31. The number of methoxy groups -OCH3 is 1. The highest BCUT2D eigenvalue weighted by atomic mass is 32.2. The molecule has 1 rings (SSSR count). The van der Waals surface area contributed by atoms with Crippen molar-refractivity contribution in [2.24, 2.45) is 5.92 Å². The van der Waals surface area contributed by atoms with Gasteiger partial charge in [0.25, 0.3) is 0 Å². The van der Waals surface area contributed by atoms with Crippen molar-refractivity contribution in [3.05, 3.63) is 0 Å². The summed E-state index contributed by atoms with van der Waals surface area (Å²) in [5.74, 6) is 3.35. The van der Waals surface area contributed by atoms with Crippen LogP contribution in [0.5, 0.6) is 0 Å². The van der Waals surface area contributed by atoms with Crippen molar-refractivity contribution in [2.75, 3.05) is 38.3 Å². The van der Waals surface area contributed by atoms with Crippen molar-refractivity contribution < 1.29 is 4.74 Å². The molecule has 1 heterocycles. The molecule has 0 aromatic rings. The molecule has 1 saturated heterocycles. The highest BCUT2D eigenvalue weighted by molar-refractivity contribution is 7.99. The number of hydrogen-bond donors (Lipinski definition) is 0. The van der Waals surface area contributed by atoms with E-state index < -0.39 is 0 Å². The first-order valence-corrected chi connectivity index (χ1v) is 6.70. The molecule has 3 heteroatoms. The molecule has 0 saturated carbocycles. The molecule has 14 heavy (non-hydrogen) atoms. The number of thioether (sulfide) groups is 1. The lowest BCUT2D eigenvalue weighted by Crippen LogP contribution is -2.44. The molecule has 0 aromatic carbocycles. The summed E-state index contributed by atoms with van der Waals surface area (Å²) in [4.78, 5) is 2.60. The van der Waals surface area contributed by atoms with Gasteiger partial charge in [0.2, 0.25) is 0 Å². The molecule has 0 aliphatic carbocycles. The molecule has 2 nitrogen and oxygen atoms in total. The maximum Gasteiger partial charge on any atom is 0.0618 e.